The number of epoxide rings is 1. The first-order valence-corrected chi connectivity index (χ1v) is 19.0. The van der Waals surface area contributed by atoms with Crippen LogP contribution < -0.4 is 0 Å². The van der Waals surface area contributed by atoms with E-state index in [0.717, 1.165) is 13.0 Å². The zero-order valence-corrected chi connectivity index (χ0v) is 36.7. The second-order valence-electron chi connectivity index (χ2n) is 5.99. The number of aliphatic carboxylic acids is 1. The monoisotopic (exact) mass is 1260 g/mol. The van der Waals surface area contributed by atoms with Gasteiger partial charge in [0.05, 0.1) is 41.1 Å². The zero-order chi connectivity index (χ0) is 30.9. The molecule has 37 heavy (non-hydrogen) atoms. The molecule has 1 fully saturated rings. The Hall–Kier alpha value is 3.66. The van der Waals surface area contributed by atoms with Gasteiger partial charge in [-0.25, -0.2) is 9.59 Å². The Morgan fingerprint density at radius 2 is 1.14 bits per heavy atom. The average Bonchev–Trinajstić information content (AvgIpc) is 3.58. The minimum absolute atomic E-state index is 0. The number of hydrogen-bond acceptors (Lipinski definition) is 9. The summed E-state index contributed by atoms with van der Waals surface area (Å²) in [4.78, 5) is 21.5. The van der Waals surface area contributed by atoms with Gasteiger partial charge in [-0.3, -0.25) is 0 Å². The molecular weight excluding hydrogens is 1210 g/mol. The second-order valence-corrected chi connectivity index (χ2v) is 21.3. The smallest absolute Gasteiger partial charge is 0.334 e. The summed E-state index contributed by atoms with van der Waals surface area (Å²) in [7, 11) is 1.23. The van der Waals surface area contributed by atoms with Crippen LogP contribution in [0.25, 0.3) is 0 Å². The van der Waals surface area contributed by atoms with Gasteiger partial charge in [-0.05, 0) is 46.0 Å². The number of methoxy groups -OCH3 is 1. The van der Waals surface area contributed by atoms with Gasteiger partial charge in [-0.15, -0.1) is 0 Å². The molecule has 0 saturated carbocycles. The molecule has 1 saturated heterocycles. The van der Waals surface area contributed by atoms with Crippen LogP contribution in [0, 0.1) is 0 Å². The van der Waals surface area contributed by atoms with Crippen LogP contribution in [0.3, 0.4) is 0 Å². The van der Waals surface area contributed by atoms with Gasteiger partial charge in [0, 0.05) is 18.6 Å². The van der Waals surface area contributed by atoms with Crippen LogP contribution >= 0.6 is 136 Å². The van der Waals surface area contributed by atoms with Crippen LogP contribution in [0.1, 0.15) is 48.0 Å². The van der Waals surface area contributed by atoms with Gasteiger partial charge in [0.2, 0.25) is 0 Å². The molecule has 0 spiro atoms. The first-order chi connectivity index (χ1) is 16.4. The molecule has 0 amide bonds. The Labute approximate surface area is 317 Å². The second kappa shape index (κ2) is 52.3. The molecule has 6 N–H and O–H groups in total. The van der Waals surface area contributed by atoms with Crippen molar-refractivity contribution in [2.24, 2.45) is 0 Å². The summed E-state index contributed by atoms with van der Waals surface area (Å²) in [5, 5.41) is 48.5. The first-order valence-electron chi connectivity index (χ1n) is 10.1. The number of carbonyl (C=O) groups is 2. The largest absolute Gasteiger partial charge is 0.479 e. The van der Waals surface area contributed by atoms with E-state index in [2.05, 4.69) is 147 Å². The number of ether oxygens (including phenoxy) is 2. The Balaban J connectivity index is -0.0000000440. The van der Waals surface area contributed by atoms with Crippen LogP contribution in [0.15, 0.2) is 0 Å². The predicted octanol–water partition coefficient (Wildman–Crippen LogP) is 4.97. The van der Waals surface area contributed by atoms with Crippen LogP contribution in [-0.2, 0) is 37.6 Å². The molecule has 17 heteroatoms. The molecule has 1 aliphatic rings. The third-order valence-corrected chi connectivity index (χ3v) is 2.25. The summed E-state index contributed by atoms with van der Waals surface area (Å²) in [5.74, 6) is -1.78. The minimum atomic E-state index is -1.23. The number of carbonyl (C=O) groups excluding carboxylic acids is 1. The summed E-state index contributed by atoms with van der Waals surface area (Å²) < 4.78 is 10.8. The van der Waals surface area contributed by atoms with E-state index in [0.29, 0.717) is 6.10 Å². The van der Waals surface area contributed by atoms with E-state index in [9.17, 15) is 9.59 Å². The van der Waals surface area contributed by atoms with E-state index in [1.807, 2.05) is 11.9 Å². The number of rotatable bonds is 4. The third-order valence-electron chi connectivity index (χ3n) is 2.25. The molecule has 0 aliphatic carbocycles. The number of esters is 1. The van der Waals surface area contributed by atoms with Crippen molar-refractivity contribution in [1.82, 2.24) is 0 Å². The number of carboxylic acid groups (broad SMARTS) is 1. The van der Waals surface area contributed by atoms with Crippen molar-refractivity contribution in [2.45, 2.75) is 78.4 Å². The molecule has 0 aromatic heterocycles. The van der Waals surface area contributed by atoms with E-state index in [1.54, 1.807) is 6.92 Å². The molecular formula is C20H44I6O10V. The van der Waals surface area contributed by atoms with E-state index in [4.69, 9.17) is 35.4 Å². The Bertz CT molecular complexity index is 397. The summed E-state index contributed by atoms with van der Waals surface area (Å²) in [6.07, 6.45) is -1.46. The van der Waals surface area contributed by atoms with E-state index in [1.165, 1.54) is 30.3 Å². The molecule has 1 rings (SSSR count). The quantitative estimate of drug-likeness (QED) is 0.0976. The number of halogens is 6. The molecule has 1 heterocycles. The fourth-order valence-electron chi connectivity index (χ4n) is 0.267. The number of aliphatic hydroxyl groups excluding tert-OH is 5. The number of aliphatic hydroxyl groups is 5. The van der Waals surface area contributed by atoms with Crippen molar-refractivity contribution >= 4 is 147 Å². The summed E-state index contributed by atoms with van der Waals surface area (Å²) in [5.41, 5.74) is 0. The Morgan fingerprint density at radius 3 is 1.14 bits per heavy atom. The minimum Gasteiger partial charge on any atom is -0.479 e. The van der Waals surface area contributed by atoms with Crippen molar-refractivity contribution in [1.29, 1.82) is 0 Å². The molecule has 10 nitrogen and oxygen atoms in total. The maximum Gasteiger partial charge on any atom is 0.334 e. The molecule has 1 aliphatic heterocycles. The fourth-order valence-corrected chi connectivity index (χ4v) is 0.267. The Kier molecular flexibility index (Phi) is 84.8. The van der Waals surface area contributed by atoms with E-state index < -0.39 is 30.3 Å². The molecule has 0 unspecified atom stereocenters. The van der Waals surface area contributed by atoms with Gasteiger partial charge in [0.25, 0.3) is 0 Å². The van der Waals surface area contributed by atoms with Gasteiger partial charge >= 0.3 is 11.9 Å². The topological polar surface area (TPSA) is 177 Å². The van der Waals surface area contributed by atoms with Gasteiger partial charge in [0.15, 0.2) is 0 Å². The van der Waals surface area contributed by atoms with E-state index >= 15 is 0 Å². The standard InChI is InChI=1S/C4H8O3.C4H10O.C3H6O3.C3H8O2.C3H6O.CHI3.CH2I2.CH3I.V/c1-3(5)4(6)7-2;1-3-4(2)5;1-2(4)3(5)6;1-3(5)2-4;1-3-2-4-3;2-1(3)4;2-1-3;1-2;/h3,5H,1-2H3;4-5H,3H2,1-2H3;2,4H,1H3,(H,5,6);3-5H,2H2,1H3;3H,2H2,1H3;1H;1H2;1H3;/t3-;4-;2-;2*3-;;;;/m11111..../s1. The maximum atomic E-state index is 10.0. The van der Waals surface area contributed by atoms with E-state index in [-0.39, 0.29) is 31.3 Å². The van der Waals surface area contributed by atoms with Gasteiger partial charge in [-0.2, -0.15) is 0 Å². The Morgan fingerprint density at radius 1 is 0.946 bits per heavy atom. The molecule has 5 atom stereocenters. The van der Waals surface area contributed by atoms with Crippen molar-refractivity contribution < 1.29 is 68.3 Å². The fraction of sp³-hybridized carbons (Fsp3) is 0.900. The van der Waals surface area contributed by atoms with Crippen LogP contribution in [0.5, 0.6) is 0 Å². The third kappa shape index (κ3) is 132. The van der Waals surface area contributed by atoms with Crippen LogP contribution in [0.4, 0.5) is 0 Å². The van der Waals surface area contributed by atoms with Crippen molar-refractivity contribution in [3.8, 4) is 0 Å². The summed E-state index contributed by atoms with van der Waals surface area (Å²) in [6.45, 7) is 10.7. The van der Waals surface area contributed by atoms with Gasteiger partial charge < -0.3 is 40.1 Å². The average molecular weight is 1260 g/mol. The SMILES string of the molecule is CC[C@@H](C)O.CI.COC(=O)[C@@H](C)O.C[C@@H](O)C(=O)O.C[C@@H](O)CO.C[C@@H]1CO1.IC(I)I.ICI.[V]. The van der Waals surface area contributed by atoms with Crippen molar-refractivity contribution in [2.75, 3.05) is 27.7 Å². The molecule has 0 aromatic carbocycles. The van der Waals surface area contributed by atoms with Gasteiger partial charge in [0.1, 0.15) is 12.1 Å². The maximum absolute atomic E-state index is 10.0. The van der Waals surface area contributed by atoms with Crippen LogP contribution in [-0.4, -0.2) is 101 Å². The molecule has 231 valence electrons. The number of alkyl halides is 6. The van der Waals surface area contributed by atoms with Crippen molar-refractivity contribution in [3.05, 3.63) is 0 Å². The normalized spacial score (nSPS) is 14.6. The zero-order valence-electron chi connectivity index (χ0n) is 22.3. The van der Waals surface area contributed by atoms with Gasteiger partial charge in [-0.1, -0.05) is 142 Å². The summed E-state index contributed by atoms with van der Waals surface area (Å²) >= 11 is 13.6. The molecule has 0 bridgehead atoms. The predicted molar refractivity (Wildman–Crippen MR) is 198 cm³/mol. The molecule has 0 aromatic rings. The number of hydrogen-bond donors (Lipinski definition) is 6. The van der Waals surface area contributed by atoms with Crippen molar-refractivity contribution in [3.63, 3.8) is 0 Å². The summed E-state index contributed by atoms with van der Waals surface area (Å²) in [6, 6.07) is 0. The first kappa shape index (κ1) is 60.0. The number of carboxylic acids is 1. The molecule has 1 radical (unpaired) electrons. The van der Waals surface area contributed by atoms with Crippen LogP contribution in [0.2, 0.25) is 0 Å².